The molecule has 0 atom stereocenters. The Labute approximate surface area is 150 Å². The number of hydrogen-bond donors (Lipinski definition) is 3. The zero-order chi connectivity index (χ0) is 15.9. The Balaban J connectivity index is 0.00000441. The molecule has 8 heteroatoms. The lowest BCUT2D eigenvalue weighted by Gasteiger charge is -2.09. The summed E-state index contributed by atoms with van der Waals surface area (Å²) in [6.45, 7) is 7.28. The van der Waals surface area contributed by atoms with Gasteiger partial charge in [0.05, 0.1) is 4.90 Å². The summed E-state index contributed by atoms with van der Waals surface area (Å²) in [5.41, 5.74) is 6.68. The lowest BCUT2D eigenvalue weighted by Crippen LogP contribution is -2.38. The highest BCUT2D eigenvalue weighted by molar-refractivity contribution is 14.0. The Morgan fingerprint density at radius 1 is 1.23 bits per heavy atom. The highest BCUT2D eigenvalue weighted by atomic mass is 127. The molecular weight excluding hydrogens is 415 g/mol. The van der Waals surface area contributed by atoms with Crippen LogP contribution in [0.25, 0.3) is 0 Å². The van der Waals surface area contributed by atoms with Crippen LogP contribution < -0.4 is 15.8 Å². The molecule has 0 aliphatic rings. The lowest BCUT2D eigenvalue weighted by atomic mass is 10.2. The first-order valence-electron chi connectivity index (χ1n) is 6.91. The zero-order valence-electron chi connectivity index (χ0n) is 13.2. The van der Waals surface area contributed by atoms with Gasteiger partial charge in [0.25, 0.3) is 0 Å². The summed E-state index contributed by atoms with van der Waals surface area (Å²) in [5.74, 6) is 0.767. The summed E-state index contributed by atoms with van der Waals surface area (Å²) in [4.78, 5) is 4.39. The van der Waals surface area contributed by atoms with Crippen molar-refractivity contribution in [1.29, 1.82) is 0 Å². The molecule has 6 nitrogen and oxygen atoms in total. The van der Waals surface area contributed by atoms with Gasteiger partial charge in [0.2, 0.25) is 10.0 Å². The average molecular weight is 440 g/mol. The highest BCUT2D eigenvalue weighted by Crippen LogP contribution is 2.09. The van der Waals surface area contributed by atoms with Gasteiger partial charge in [-0.15, -0.1) is 24.0 Å². The number of hydrogen-bond acceptors (Lipinski definition) is 3. The molecule has 22 heavy (non-hydrogen) atoms. The molecule has 4 N–H and O–H groups in total. The van der Waals surface area contributed by atoms with Gasteiger partial charge in [-0.25, -0.2) is 13.1 Å². The summed E-state index contributed by atoms with van der Waals surface area (Å²) in [7, 11) is -3.47. The Hall–Kier alpha value is -0.870. The predicted octanol–water partition coefficient (Wildman–Crippen LogP) is 1.45. The molecule has 0 unspecified atom stereocenters. The number of guanidine groups is 1. The molecule has 1 rings (SSSR count). The molecule has 0 saturated carbocycles. The summed E-state index contributed by atoms with van der Waals surface area (Å²) >= 11 is 0. The van der Waals surface area contributed by atoms with Crippen LogP contribution in [0, 0.1) is 12.8 Å². The minimum atomic E-state index is -3.47. The molecule has 0 fully saturated rings. The first kappa shape index (κ1) is 21.1. The summed E-state index contributed by atoms with van der Waals surface area (Å²) in [6, 6.07) is 6.71. The third-order valence-corrected chi connectivity index (χ3v) is 4.16. The van der Waals surface area contributed by atoms with Crippen molar-refractivity contribution in [1.82, 2.24) is 10.0 Å². The van der Waals surface area contributed by atoms with Crippen molar-refractivity contribution < 1.29 is 8.42 Å². The van der Waals surface area contributed by atoms with Crippen LogP contribution in [-0.4, -0.2) is 34.0 Å². The quantitative estimate of drug-likeness (QED) is 0.259. The summed E-state index contributed by atoms with van der Waals surface area (Å²) in [6.07, 6.45) is 0. The third-order valence-electron chi connectivity index (χ3n) is 2.68. The Bertz CT molecular complexity index is 571. The van der Waals surface area contributed by atoms with Gasteiger partial charge in [-0.1, -0.05) is 31.5 Å². The largest absolute Gasteiger partial charge is 0.370 e. The summed E-state index contributed by atoms with van der Waals surface area (Å²) < 4.78 is 26.5. The van der Waals surface area contributed by atoms with Crippen molar-refractivity contribution in [2.75, 3.05) is 19.6 Å². The second kappa shape index (κ2) is 10.0. The Morgan fingerprint density at radius 2 is 1.82 bits per heavy atom. The second-order valence-corrected chi connectivity index (χ2v) is 7.02. The van der Waals surface area contributed by atoms with E-state index >= 15 is 0 Å². The monoisotopic (exact) mass is 440 g/mol. The molecule has 0 aliphatic heterocycles. The van der Waals surface area contributed by atoms with Crippen molar-refractivity contribution in [3.63, 3.8) is 0 Å². The standard InChI is InChI=1S/C14H24N4O2S.HI/c1-11(2)10-17-14(15)16-8-9-18-21(19,20)13-6-4-12(3)5-7-13;/h4-7,11,18H,8-10H2,1-3H3,(H3,15,16,17);1H. The van der Waals surface area contributed by atoms with Crippen LogP contribution in [0.3, 0.4) is 0 Å². The SMILES string of the molecule is Cc1ccc(S(=O)(=O)NCCNC(N)=NCC(C)C)cc1.I. The van der Waals surface area contributed by atoms with Gasteiger partial charge >= 0.3 is 0 Å². The average Bonchev–Trinajstić information content (AvgIpc) is 2.42. The van der Waals surface area contributed by atoms with Gasteiger partial charge in [-0.2, -0.15) is 0 Å². The van der Waals surface area contributed by atoms with Crippen molar-refractivity contribution in [3.05, 3.63) is 29.8 Å². The molecule has 0 heterocycles. The first-order valence-corrected chi connectivity index (χ1v) is 8.39. The Morgan fingerprint density at radius 3 is 2.36 bits per heavy atom. The van der Waals surface area contributed by atoms with Crippen molar-refractivity contribution >= 4 is 40.0 Å². The number of halogens is 1. The van der Waals surface area contributed by atoms with Crippen molar-refractivity contribution in [2.45, 2.75) is 25.7 Å². The number of nitrogens with zero attached hydrogens (tertiary/aromatic N) is 1. The van der Waals surface area contributed by atoms with E-state index in [0.717, 1.165) is 5.56 Å². The first-order chi connectivity index (χ1) is 9.81. The number of aliphatic imine (C=N–C) groups is 1. The van der Waals surface area contributed by atoms with E-state index in [9.17, 15) is 8.42 Å². The second-order valence-electron chi connectivity index (χ2n) is 5.26. The fourth-order valence-corrected chi connectivity index (χ4v) is 2.55. The fraction of sp³-hybridized carbons (Fsp3) is 0.500. The molecule has 126 valence electrons. The maximum absolute atomic E-state index is 12.0. The number of nitrogens with two attached hydrogens (primary N) is 1. The van der Waals surface area contributed by atoms with Gasteiger partial charge in [0.15, 0.2) is 5.96 Å². The smallest absolute Gasteiger partial charge is 0.240 e. The molecule has 0 radical (unpaired) electrons. The normalized spacial score (nSPS) is 12.1. The lowest BCUT2D eigenvalue weighted by molar-refractivity contribution is 0.580. The Kier molecular flexibility index (Phi) is 9.61. The maximum Gasteiger partial charge on any atom is 0.240 e. The summed E-state index contributed by atoms with van der Waals surface area (Å²) in [5, 5.41) is 2.87. The van der Waals surface area contributed by atoms with Gasteiger partial charge in [0.1, 0.15) is 0 Å². The minimum Gasteiger partial charge on any atom is -0.370 e. The van der Waals surface area contributed by atoms with Crippen LogP contribution in [0.5, 0.6) is 0 Å². The molecule has 0 amide bonds. The molecule has 0 saturated heterocycles. The van der Waals surface area contributed by atoms with E-state index in [1.807, 2.05) is 20.8 Å². The maximum atomic E-state index is 12.0. The van der Waals surface area contributed by atoms with Crippen LogP contribution in [0.15, 0.2) is 34.2 Å². The van der Waals surface area contributed by atoms with Crippen LogP contribution >= 0.6 is 24.0 Å². The number of nitrogens with one attached hydrogen (secondary N) is 2. The number of rotatable bonds is 7. The van der Waals surface area contributed by atoms with E-state index in [-0.39, 0.29) is 35.4 Å². The molecule has 0 bridgehead atoms. The molecular formula is C14H25IN4O2S. The minimum absolute atomic E-state index is 0. The van der Waals surface area contributed by atoms with E-state index in [2.05, 4.69) is 15.0 Å². The molecule has 1 aromatic carbocycles. The highest BCUT2D eigenvalue weighted by Gasteiger charge is 2.12. The van der Waals surface area contributed by atoms with Gasteiger partial charge < -0.3 is 11.1 Å². The molecule has 0 aromatic heterocycles. The van der Waals surface area contributed by atoms with E-state index < -0.39 is 10.0 Å². The predicted molar refractivity (Wildman–Crippen MR) is 101 cm³/mol. The topological polar surface area (TPSA) is 96.6 Å². The fourth-order valence-electron chi connectivity index (χ4n) is 1.51. The van der Waals surface area contributed by atoms with E-state index in [1.54, 1.807) is 24.3 Å². The number of sulfonamides is 1. The van der Waals surface area contributed by atoms with E-state index in [4.69, 9.17) is 5.73 Å². The van der Waals surface area contributed by atoms with E-state index in [1.165, 1.54) is 0 Å². The van der Waals surface area contributed by atoms with Gasteiger partial charge in [-0.3, -0.25) is 4.99 Å². The molecule has 0 spiro atoms. The molecule has 0 aliphatic carbocycles. The van der Waals surface area contributed by atoms with Gasteiger partial charge in [-0.05, 0) is 25.0 Å². The van der Waals surface area contributed by atoms with Crippen LogP contribution in [-0.2, 0) is 10.0 Å². The van der Waals surface area contributed by atoms with Crippen LogP contribution in [0.4, 0.5) is 0 Å². The van der Waals surface area contributed by atoms with E-state index in [0.29, 0.717) is 25.0 Å². The van der Waals surface area contributed by atoms with Gasteiger partial charge in [0, 0.05) is 19.6 Å². The van der Waals surface area contributed by atoms with Crippen LogP contribution in [0.2, 0.25) is 0 Å². The third kappa shape index (κ3) is 7.95. The molecule has 1 aromatic rings. The zero-order valence-corrected chi connectivity index (χ0v) is 16.3. The number of benzene rings is 1. The number of aryl methyl sites for hydroxylation is 1. The van der Waals surface area contributed by atoms with Crippen LogP contribution in [0.1, 0.15) is 19.4 Å². The van der Waals surface area contributed by atoms with Crippen molar-refractivity contribution in [3.8, 4) is 0 Å². The van der Waals surface area contributed by atoms with Crippen molar-refractivity contribution in [2.24, 2.45) is 16.6 Å².